The first-order valence-corrected chi connectivity index (χ1v) is 12.6. The first kappa shape index (κ1) is 24.9. The van der Waals surface area contributed by atoms with Crippen molar-refractivity contribution in [2.45, 2.75) is 31.6 Å². The average Bonchev–Trinajstić information content (AvgIpc) is 2.77. The summed E-state index contributed by atoms with van der Waals surface area (Å²) in [5, 5.41) is 3.56. The number of halogens is 2. The van der Waals surface area contributed by atoms with Crippen LogP contribution in [0.3, 0.4) is 0 Å². The highest BCUT2D eigenvalue weighted by Crippen LogP contribution is 2.26. The molecule has 0 aliphatic heterocycles. The largest absolute Gasteiger partial charge is 0.484 e. The van der Waals surface area contributed by atoms with Crippen LogP contribution in [0.5, 0.6) is 5.75 Å². The molecule has 3 aromatic rings. The van der Waals surface area contributed by atoms with Crippen LogP contribution in [0.25, 0.3) is 0 Å². The third-order valence-electron chi connectivity index (χ3n) is 4.88. The number of sulfonamides is 1. The summed E-state index contributed by atoms with van der Waals surface area (Å²) in [6.07, 6.45) is 1.60. The summed E-state index contributed by atoms with van der Waals surface area (Å²) in [7, 11) is -3.85. The molecule has 0 aromatic heterocycles. The number of hydrogen-bond acceptors (Lipinski definition) is 4. The number of benzene rings is 3. The van der Waals surface area contributed by atoms with E-state index in [2.05, 4.69) is 10.0 Å². The lowest BCUT2D eigenvalue weighted by Crippen LogP contribution is -2.21. The summed E-state index contributed by atoms with van der Waals surface area (Å²) in [6, 6.07) is 16.1. The van der Waals surface area contributed by atoms with Gasteiger partial charge in [-0.05, 0) is 66.4 Å². The predicted octanol–water partition coefficient (Wildman–Crippen LogP) is 5.94. The van der Waals surface area contributed by atoms with Crippen molar-refractivity contribution in [3.63, 3.8) is 0 Å². The molecule has 9 heteroatoms. The van der Waals surface area contributed by atoms with E-state index >= 15 is 0 Å². The van der Waals surface area contributed by atoms with E-state index in [9.17, 15) is 13.2 Å². The molecule has 1 amide bonds. The fraction of sp³-hybridized carbons (Fsp3) is 0.208. The smallest absolute Gasteiger partial charge is 0.262 e. The normalized spacial score (nSPS) is 11.2. The van der Waals surface area contributed by atoms with Gasteiger partial charge in [-0.3, -0.25) is 9.52 Å². The zero-order valence-electron chi connectivity index (χ0n) is 18.2. The number of anilines is 2. The van der Waals surface area contributed by atoms with E-state index in [1.165, 1.54) is 42.5 Å². The first-order valence-electron chi connectivity index (χ1n) is 10.3. The number of aryl methyl sites for hydroxylation is 2. The first-order chi connectivity index (χ1) is 15.7. The third kappa shape index (κ3) is 6.63. The van der Waals surface area contributed by atoms with Gasteiger partial charge in [-0.25, -0.2) is 8.42 Å². The monoisotopic (exact) mass is 506 g/mol. The molecule has 0 heterocycles. The minimum atomic E-state index is -3.85. The van der Waals surface area contributed by atoms with Crippen molar-refractivity contribution >= 4 is 50.5 Å². The van der Waals surface area contributed by atoms with E-state index in [0.717, 1.165) is 29.7 Å². The Morgan fingerprint density at radius 3 is 2.03 bits per heavy atom. The Bertz CT molecular complexity index is 1200. The second kappa shape index (κ2) is 10.9. The summed E-state index contributed by atoms with van der Waals surface area (Å²) in [4.78, 5) is 12.5. The van der Waals surface area contributed by atoms with Crippen molar-refractivity contribution in [1.82, 2.24) is 0 Å². The molecule has 33 heavy (non-hydrogen) atoms. The molecular weight excluding hydrogens is 483 g/mol. The van der Waals surface area contributed by atoms with E-state index in [1.807, 2.05) is 32.0 Å². The molecule has 0 saturated heterocycles. The van der Waals surface area contributed by atoms with Crippen molar-refractivity contribution in [2.24, 2.45) is 0 Å². The van der Waals surface area contributed by atoms with Gasteiger partial charge in [0.2, 0.25) is 0 Å². The molecule has 0 radical (unpaired) electrons. The predicted molar refractivity (Wildman–Crippen MR) is 133 cm³/mol. The summed E-state index contributed by atoms with van der Waals surface area (Å²) in [6.45, 7) is 3.87. The van der Waals surface area contributed by atoms with Crippen LogP contribution in [-0.4, -0.2) is 20.9 Å². The zero-order valence-corrected chi connectivity index (χ0v) is 20.5. The Morgan fingerprint density at radius 1 is 0.909 bits per heavy atom. The van der Waals surface area contributed by atoms with Crippen molar-refractivity contribution in [3.05, 3.63) is 81.8 Å². The minimum absolute atomic E-state index is 0.0276. The van der Waals surface area contributed by atoms with Gasteiger partial charge in [0.25, 0.3) is 15.9 Å². The maximum Gasteiger partial charge on any atom is 0.262 e. The van der Waals surface area contributed by atoms with Gasteiger partial charge in [0, 0.05) is 15.7 Å². The molecule has 0 atom stereocenters. The maximum absolute atomic E-state index is 12.6. The molecule has 0 bridgehead atoms. The highest BCUT2D eigenvalue weighted by atomic mass is 35.5. The Hall–Kier alpha value is -2.74. The third-order valence-corrected chi connectivity index (χ3v) is 6.72. The van der Waals surface area contributed by atoms with Gasteiger partial charge in [-0.15, -0.1) is 0 Å². The molecule has 3 rings (SSSR count). The van der Waals surface area contributed by atoms with Crippen LogP contribution in [0.1, 0.15) is 25.0 Å². The molecule has 0 aliphatic rings. The lowest BCUT2D eigenvalue weighted by molar-refractivity contribution is -0.118. The van der Waals surface area contributed by atoms with Crippen LogP contribution in [0, 0.1) is 0 Å². The fourth-order valence-corrected chi connectivity index (χ4v) is 4.84. The van der Waals surface area contributed by atoms with Crippen LogP contribution >= 0.6 is 23.2 Å². The number of hydrogen-bond donors (Lipinski definition) is 2. The fourth-order valence-electron chi connectivity index (χ4n) is 3.27. The van der Waals surface area contributed by atoms with Gasteiger partial charge in [-0.1, -0.05) is 55.2 Å². The summed E-state index contributed by atoms with van der Waals surface area (Å²) < 4.78 is 33.2. The zero-order chi connectivity index (χ0) is 24.0. The van der Waals surface area contributed by atoms with Crippen LogP contribution in [0.15, 0.2) is 65.6 Å². The SMILES string of the molecule is CCc1cccc(CC)c1NC(=O)COc1ccc(S(=O)(=O)Nc2cc(Cl)cc(Cl)c2)cc1. The Morgan fingerprint density at radius 2 is 1.48 bits per heavy atom. The second-order valence-corrected chi connectivity index (χ2v) is 9.79. The quantitative estimate of drug-likeness (QED) is 0.376. The van der Waals surface area contributed by atoms with Gasteiger partial charge in [0.05, 0.1) is 10.6 Å². The molecule has 6 nitrogen and oxygen atoms in total. The van der Waals surface area contributed by atoms with Gasteiger partial charge >= 0.3 is 0 Å². The van der Waals surface area contributed by atoms with E-state index < -0.39 is 10.0 Å². The van der Waals surface area contributed by atoms with Crippen LogP contribution in [0.2, 0.25) is 10.0 Å². The number of para-hydroxylation sites is 1. The van der Waals surface area contributed by atoms with Crippen molar-refractivity contribution in [1.29, 1.82) is 0 Å². The van der Waals surface area contributed by atoms with Crippen molar-refractivity contribution < 1.29 is 17.9 Å². The topological polar surface area (TPSA) is 84.5 Å². The van der Waals surface area contributed by atoms with Crippen LogP contribution < -0.4 is 14.8 Å². The van der Waals surface area contributed by atoms with Crippen LogP contribution in [0.4, 0.5) is 11.4 Å². The number of nitrogens with one attached hydrogen (secondary N) is 2. The molecule has 2 N–H and O–H groups in total. The van der Waals surface area contributed by atoms with Crippen LogP contribution in [-0.2, 0) is 27.7 Å². The number of amides is 1. The summed E-state index contributed by atoms with van der Waals surface area (Å²) >= 11 is 11.8. The second-order valence-electron chi connectivity index (χ2n) is 7.23. The molecule has 0 unspecified atom stereocenters. The number of carbonyl (C=O) groups is 1. The van der Waals surface area contributed by atoms with Crippen molar-refractivity contribution in [2.75, 3.05) is 16.6 Å². The molecule has 0 spiro atoms. The number of rotatable bonds is 9. The highest BCUT2D eigenvalue weighted by molar-refractivity contribution is 7.92. The molecule has 174 valence electrons. The molecule has 0 saturated carbocycles. The standard InChI is InChI=1S/C24H24Cl2N2O4S/c1-3-16-6-5-7-17(4-2)24(16)27-23(29)15-32-21-8-10-22(11-9-21)33(30,31)28-20-13-18(25)12-19(26)14-20/h5-14,28H,3-4,15H2,1-2H3,(H,27,29). The maximum atomic E-state index is 12.6. The number of ether oxygens (including phenoxy) is 1. The van der Waals surface area contributed by atoms with Gasteiger partial charge < -0.3 is 10.1 Å². The number of carbonyl (C=O) groups excluding carboxylic acids is 1. The lowest BCUT2D eigenvalue weighted by atomic mass is 10.0. The van der Waals surface area contributed by atoms with E-state index in [-0.39, 0.29) is 23.1 Å². The Kier molecular flexibility index (Phi) is 8.24. The Balaban J connectivity index is 1.63. The van der Waals surface area contributed by atoms with Gasteiger partial charge in [0.15, 0.2) is 6.61 Å². The van der Waals surface area contributed by atoms with E-state index in [0.29, 0.717) is 15.8 Å². The molecule has 3 aromatic carbocycles. The summed E-state index contributed by atoms with van der Waals surface area (Å²) in [5.41, 5.74) is 3.20. The van der Waals surface area contributed by atoms with Gasteiger partial charge in [-0.2, -0.15) is 0 Å². The summed E-state index contributed by atoms with van der Waals surface area (Å²) in [5.74, 6) is 0.0798. The lowest BCUT2D eigenvalue weighted by Gasteiger charge is -2.15. The van der Waals surface area contributed by atoms with Crippen molar-refractivity contribution in [3.8, 4) is 5.75 Å². The van der Waals surface area contributed by atoms with Gasteiger partial charge in [0.1, 0.15) is 5.75 Å². The highest BCUT2D eigenvalue weighted by Gasteiger charge is 2.16. The van der Waals surface area contributed by atoms with E-state index in [1.54, 1.807) is 0 Å². The molecule has 0 aliphatic carbocycles. The molecule has 0 fully saturated rings. The average molecular weight is 507 g/mol. The van der Waals surface area contributed by atoms with E-state index in [4.69, 9.17) is 27.9 Å². The Labute approximate surface area is 203 Å². The molecular formula is C24H24Cl2N2O4S. The minimum Gasteiger partial charge on any atom is -0.484 e.